The summed E-state index contributed by atoms with van der Waals surface area (Å²) in [5.41, 5.74) is 1.76. The van der Waals surface area contributed by atoms with Crippen molar-refractivity contribution in [1.82, 2.24) is 10.2 Å². The average Bonchev–Trinajstić information content (AvgIpc) is 2.67. The summed E-state index contributed by atoms with van der Waals surface area (Å²) in [4.78, 5) is 26.4. The molecule has 0 unspecified atom stereocenters. The third-order valence-corrected chi connectivity index (χ3v) is 6.37. The van der Waals surface area contributed by atoms with E-state index in [1.54, 1.807) is 6.07 Å². The SMILES string of the molecule is CCC1(CCCN(C)C(=O)F)CCN(c2ccc(C(=O)NC(C)C)c(Cl)c2)CC1. The molecule has 0 atom stereocenters. The van der Waals surface area contributed by atoms with E-state index < -0.39 is 6.16 Å². The Hall–Kier alpha value is -1.82. The molecule has 1 aromatic carbocycles. The average molecular weight is 426 g/mol. The van der Waals surface area contributed by atoms with Crippen molar-refractivity contribution in [2.45, 2.75) is 58.9 Å². The van der Waals surface area contributed by atoms with Crippen molar-refractivity contribution in [3.8, 4) is 0 Å². The molecule has 0 spiro atoms. The lowest BCUT2D eigenvalue weighted by Gasteiger charge is -2.43. The number of hydrogen-bond acceptors (Lipinski definition) is 3. The van der Waals surface area contributed by atoms with Crippen LogP contribution >= 0.6 is 11.6 Å². The van der Waals surface area contributed by atoms with Crippen LogP contribution in [0.15, 0.2) is 18.2 Å². The second-order valence-corrected chi connectivity index (χ2v) is 8.82. The van der Waals surface area contributed by atoms with E-state index in [-0.39, 0.29) is 17.4 Å². The first kappa shape index (κ1) is 23.5. The Balaban J connectivity index is 1.96. The summed E-state index contributed by atoms with van der Waals surface area (Å²) in [6.07, 6.45) is 3.60. The molecule has 1 fully saturated rings. The van der Waals surface area contributed by atoms with E-state index in [0.29, 0.717) is 17.1 Å². The number of hydrogen-bond donors (Lipinski definition) is 1. The lowest BCUT2D eigenvalue weighted by atomic mass is 9.72. The Labute approximate surface area is 178 Å². The van der Waals surface area contributed by atoms with Crippen LogP contribution in [-0.4, -0.2) is 49.7 Å². The van der Waals surface area contributed by atoms with Crippen molar-refractivity contribution in [3.63, 3.8) is 0 Å². The molecular weight excluding hydrogens is 393 g/mol. The van der Waals surface area contributed by atoms with Gasteiger partial charge in [-0.05, 0) is 63.1 Å². The molecule has 1 aliphatic heterocycles. The smallest absolute Gasteiger partial charge is 0.371 e. The van der Waals surface area contributed by atoms with Crippen molar-refractivity contribution in [2.75, 3.05) is 31.6 Å². The van der Waals surface area contributed by atoms with Crippen molar-refractivity contribution in [3.05, 3.63) is 28.8 Å². The predicted molar refractivity (Wildman–Crippen MR) is 117 cm³/mol. The Morgan fingerprint density at radius 1 is 1.31 bits per heavy atom. The van der Waals surface area contributed by atoms with Crippen molar-refractivity contribution >= 4 is 29.4 Å². The molecular formula is C22H33ClFN3O2. The maximum Gasteiger partial charge on any atom is 0.399 e. The summed E-state index contributed by atoms with van der Waals surface area (Å²) >= 11 is 6.38. The van der Waals surface area contributed by atoms with Crippen LogP contribution in [-0.2, 0) is 0 Å². The van der Waals surface area contributed by atoms with Gasteiger partial charge in [0.05, 0.1) is 10.6 Å². The van der Waals surface area contributed by atoms with E-state index in [0.717, 1.165) is 55.8 Å². The zero-order chi connectivity index (χ0) is 21.6. The van der Waals surface area contributed by atoms with Crippen molar-refractivity contribution < 1.29 is 14.0 Å². The van der Waals surface area contributed by atoms with Gasteiger partial charge in [-0.3, -0.25) is 4.79 Å². The number of nitrogens with zero attached hydrogens (tertiary/aromatic N) is 2. The fraction of sp³-hybridized carbons (Fsp3) is 0.636. The van der Waals surface area contributed by atoms with Crippen LogP contribution < -0.4 is 10.2 Å². The molecule has 2 amide bonds. The Bertz CT molecular complexity index is 718. The van der Waals surface area contributed by atoms with Crippen LogP contribution in [0.3, 0.4) is 0 Å². The number of amides is 2. The number of carbonyl (C=O) groups excluding carboxylic acids is 2. The molecule has 0 bridgehead atoms. The second-order valence-electron chi connectivity index (χ2n) is 8.41. The molecule has 7 heteroatoms. The molecule has 1 heterocycles. The van der Waals surface area contributed by atoms with E-state index in [2.05, 4.69) is 17.1 Å². The standard InChI is InChI=1S/C22H33ClFN3O2/c1-5-22(9-6-12-26(4)21(24)29)10-13-27(14-11-22)17-7-8-18(19(23)15-17)20(28)25-16(2)3/h7-8,15-16H,5-6,9-14H2,1-4H3,(H,25,28). The van der Waals surface area contributed by atoms with Gasteiger partial charge in [0.1, 0.15) is 0 Å². The number of benzene rings is 1. The Morgan fingerprint density at radius 2 is 1.97 bits per heavy atom. The van der Waals surface area contributed by atoms with Gasteiger partial charge in [-0.25, -0.2) is 4.79 Å². The van der Waals surface area contributed by atoms with Gasteiger partial charge in [-0.1, -0.05) is 24.9 Å². The summed E-state index contributed by atoms with van der Waals surface area (Å²) in [5, 5.41) is 3.33. The summed E-state index contributed by atoms with van der Waals surface area (Å²) in [7, 11) is 1.50. The molecule has 162 valence electrons. The molecule has 5 nitrogen and oxygen atoms in total. The monoisotopic (exact) mass is 425 g/mol. The summed E-state index contributed by atoms with van der Waals surface area (Å²) in [6.45, 7) is 8.33. The summed E-state index contributed by atoms with van der Waals surface area (Å²) < 4.78 is 12.7. The maximum atomic E-state index is 12.7. The molecule has 0 radical (unpaired) electrons. The molecule has 0 saturated carbocycles. The highest BCUT2D eigenvalue weighted by Crippen LogP contribution is 2.40. The van der Waals surface area contributed by atoms with Gasteiger partial charge in [-0.2, -0.15) is 0 Å². The van der Waals surface area contributed by atoms with Gasteiger partial charge >= 0.3 is 6.16 Å². The van der Waals surface area contributed by atoms with Gasteiger partial charge in [-0.15, -0.1) is 4.39 Å². The highest BCUT2D eigenvalue weighted by Gasteiger charge is 2.33. The van der Waals surface area contributed by atoms with Gasteiger partial charge in [0, 0.05) is 38.4 Å². The number of piperidine rings is 1. The first-order chi connectivity index (χ1) is 13.7. The number of nitrogens with one attached hydrogen (secondary N) is 1. The van der Waals surface area contributed by atoms with E-state index in [9.17, 15) is 14.0 Å². The molecule has 0 aromatic heterocycles. The minimum absolute atomic E-state index is 0.0605. The number of halogens is 2. The zero-order valence-corrected chi connectivity index (χ0v) is 18.7. The third-order valence-electron chi connectivity index (χ3n) is 6.06. The lowest BCUT2D eigenvalue weighted by molar-refractivity contribution is 0.0943. The minimum Gasteiger partial charge on any atom is -0.371 e. The van der Waals surface area contributed by atoms with Gasteiger partial charge in [0.2, 0.25) is 0 Å². The van der Waals surface area contributed by atoms with Crippen LogP contribution in [0.1, 0.15) is 63.2 Å². The second kappa shape index (κ2) is 10.3. The first-order valence-electron chi connectivity index (χ1n) is 10.4. The minimum atomic E-state index is -1.37. The topological polar surface area (TPSA) is 52.7 Å². The van der Waals surface area contributed by atoms with Gasteiger partial charge in [0.25, 0.3) is 5.91 Å². The van der Waals surface area contributed by atoms with Crippen LogP contribution in [0, 0.1) is 5.41 Å². The molecule has 1 N–H and O–H groups in total. The largest absolute Gasteiger partial charge is 0.399 e. The van der Waals surface area contributed by atoms with Crippen molar-refractivity contribution in [2.24, 2.45) is 5.41 Å². The fourth-order valence-electron chi connectivity index (χ4n) is 4.02. The van der Waals surface area contributed by atoms with Gasteiger partial charge in [0.15, 0.2) is 0 Å². The summed E-state index contributed by atoms with van der Waals surface area (Å²) in [5.74, 6) is -0.156. The van der Waals surface area contributed by atoms with Crippen LogP contribution in [0.4, 0.5) is 14.9 Å². The predicted octanol–water partition coefficient (Wildman–Crippen LogP) is 5.28. The van der Waals surface area contributed by atoms with E-state index >= 15 is 0 Å². The lowest BCUT2D eigenvalue weighted by Crippen LogP contribution is -2.40. The molecule has 1 aliphatic rings. The Kier molecular flexibility index (Phi) is 8.32. The van der Waals surface area contributed by atoms with E-state index in [1.807, 2.05) is 26.0 Å². The molecule has 29 heavy (non-hydrogen) atoms. The van der Waals surface area contributed by atoms with Crippen LogP contribution in [0.5, 0.6) is 0 Å². The zero-order valence-electron chi connectivity index (χ0n) is 17.9. The highest BCUT2D eigenvalue weighted by molar-refractivity contribution is 6.34. The number of carbonyl (C=O) groups is 2. The Morgan fingerprint density at radius 3 is 2.48 bits per heavy atom. The molecule has 1 saturated heterocycles. The number of anilines is 1. The van der Waals surface area contributed by atoms with Crippen molar-refractivity contribution in [1.29, 1.82) is 0 Å². The van der Waals surface area contributed by atoms with Crippen LogP contribution in [0.25, 0.3) is 0 Å². The quantitative estimate of drug-likeness (QED) is 0.455. The third kappa shape index (κ3) is 6.33. The highest BCUT2D eigenvalue weighted by atomic mass is 35.5. The maximum absolute atomic E-state index is 12.7. The molecule has 1 aromatic rings. The normalized spacial score (nSPS) is 16.0. The van der Waals surface area contributed by atoms with Crippen LogP contribution in [0.2, 0.25) is 5.02 Å². The molecule has 2 rings (SSSR count). The van der Waals surface area contributed by atoms with Gasteiger partial charge < -0.3 is 15.1 Å². The van der Waals surface area contributed by atoms with E-state index in [4.69, 9.17) is 11.6 Å². The first-order valence-corrected chi connectivity index (χ1v) is 10.8. The summed E-state index contributed by atoms with van der Waals surface area (Å²) in [6, 6.07) is 5.69. The van der Waals surface area contributed by atoms with E-state index in [1.165, 1.54) is 7.05 Å². The fourth-order valence-corrected chi connectivity index (χ4v) is 4.28. The molecule has 0 aliphatic carbocycles. The number of rotatable bonds is 8.